The number of rotatable bonds is 19. The van der Waals surface area contributed by atoms with Gasteiger partial charge >= 0.3 is 18.5 Å². The molecule has 9 aromatic heterocycles. The number of hydrogen-bond acceptors (Lipinski definition) is 21. The van der Waals surface area contributed by atoms with Crippen molar-refractivity contribution >= 4 is 104 Å². The lowest BCUT2D eigenvalue weighted by molar-refractivity contribution is -0.145. The van der Waals surface area contributed by atoms with E-state index < -0.39 is 77.0 Å². The van der Waals surface area contributed by atoms with Crippen LogP contribution in [0.25, 0.3) is 32.0 Å². The summed E-state index contributed by atoms with van der Waals surface area (Å²) in [7, 11) is 1.40. The minimum atomic E-state index is -4.79. The highest BCUT2D eigenvalue weighted by Crippen LogP contribution is 2.35. The molecule has 606 valence electrons. The predicted molar refractivity (Wildman–Crippen MR) is 400 cm³/mol. The van der Waals surface area contributed by atoms with Gasteiger partial charge in [0.15, 0.2) is 34.5 Å². The number of anilines is 3. The minimum Gasteiger partial charge on any atom is -0.355 e. The number of tetrazole rings is 3. The maximum Gasteiger partial charge on any atom is 0.455 e. The molecule has 9 heterocycles. The number of benzene rings is 3. The van der Waals surface area contributed by atoms with E-state index >= 15 is 0 Å². The quantitative estimate of drug-likeness (QED) is 0.0323. The van der Waals surface area contributed by atoms with Gasteiger partial charge in [-0.2, -0.15) is 69.2 Å². The largest absolute Gasteiger partial charge is 0.455 e. The van der Waals surface area contributed by atoms with Crippen LogP contribution in [0.5, 0.6) is 0 Å². The summed E-state index contributed by atoms with van der Waals surface area (Å²) in [5, 5.41) is 58.3. The summed E-state index contributed by atoms with van der Waals surface area (Å²) in [5.74, 6) is -7.83. The predicted octanol–water partition coefficient (Wildman–Crippen LogP) is 11.9. The standard InChI is InChI=1S/C25H22ClF3N10O2.C23H18ClF3N10O2.C22H16ClF3N10O2/c1-13-9-14(30-5)10-16(21(40)33-24(2,3)4)19(13)32-22(41)18-11-15(12-38-36-23(34-37-38)25(27,28)29)35-39(18)20-17(26)7-6-8-31-20;1-4-29-20(38)15-9-13(28-3)8-12(2)18(15)31-21(39)17-10-14(11-36-34-22(32-35-36)23(25,26)27)33-37(17)19-16(24)6-5-7-30-19;1-11-7-12(27-2)8-14(19(37)28-3)17(11)30-20(38)16-9-13(10-35-33-21(31-34-35)22(24,25)26)32-36(16)18-15(23)5-4-6-29-18/h6-11H,12H2,1-4H3,(H,32,41)(H,33,40);5-10H,4,11H2,1-2H3,(H,29,38)(H,31,39);4-9H,10H2,1,3H3,(H,28,37)(H,30,38). The second-order valence-corrected chi connectivity index (χ2v) is 26.8. The molecule has 0 atom stereocenters. The third kappa shape index (κ3) is 20.5. The van der Waals surface area contributed by atoms with Gasteiger partial charge in [-0.1, -0.05) is 53.0 Å². The minimum absolute atomic E-state index is 0.0560. The average molecular weight is 1690 g/mol. The van der Waals surface area contributed by atoms with E-state index in [9.17, 15) is 68.3 Å². The lowest BCUT2D eigenvalue weighted by Gasteiger charge is -2.22. The zero-order valence-corrected chi connectivity index (χ0v) is 64.2. The number of aromatic nitrogens is 21. The molecule has 118 heavy (non-hydrogen) atoms. The second kappa shape index (κ2) is 35.5. The first-order chi connectivity index (χ1) is 55.7. The Bertz CT molecular complexity index is 6020. The Balaban J connectivity index is 0.000000187. The summed E-state index contributed by atoms with van der Waals surface area (Å²) in [4.78, 5) is 104. The Morgan fingerprint density at radius 3 is 0.983 bits per heavy atom. The fraction of sp³-hybridized carbons (Fsp3) is 0.229. The first-order valence-electron chi connectivity index (χ1n) is 33.7. The van der Waals surface area contributed by atoms with Crippen LogP contribution in [-0.4, -0.2) is 159 Å². The van der Waals surface area contributed by atoms with Crippen molar-refractivity contribution < 1.29 is 68.3 Å². The van der Waals surface area contributed by atoms with Crippen LogP contribution in [0.2, 0.25) is 15.1 Å². The molecular formula is C70H56Cl3F9N30O6. The molecule has 0 fully saturated rings. The van der Waals surface area contributed by atoms with E-state index in [0.717, 1.165) is 14.0 Å². The lowest BCUT2D eigenvalue weighted by Crippen LogP contribution is -2.41. The van der Waals surface area contributed by atoms with Crippen LogP contribution in [0.1, 0.15) is 141 Å². The van der Waals surface area contributed by atoms with Crippen molar-refractivity contribution in [3.8, 4) is 17.5 Å². The third-order valence-corrected chi connectivity index (χ3v) is 16.6. The number of pyridine rings is 3. The number of carbonyl (C=O) groups excluding carboxylic acids is 6. The van der Waals surface area contributed by atoms with Crippen LogP contribution in [0.3, 0.4) is 0 Å². The van der Waals surface area contributed by atoms with Crippen molar-refractivity contribution in [2.24, 2.45) is 0 Å². The second-order valence-electron chi connectivity index (χ2n) is 25.5. The van der Waals surface area contributed by atoms with Crippen LogP contribution < -0.4 is 31.9 Å². The Morgan fingerprint density at radius 2 is 0.729 bits per heavy atom. The Kier molecular flexibility index (Phi) is 25.8. The van der Waals surface area contributed by atoms with E-state index in [2.05, 4.69) is 123 Å². The molecule has 12 rings (SSSR count). The summed E-state index contributed by atoms with van der Waals surface area (Å²) in [6, 6.07) is 21.7. The summed E-state index contributed by atoms with van der Waals surface area (Å²) < 4.78 is 119. The van der Waals surface area contributed by atoms with E-state index in [4.69, 9.17) is 54.5 Å². The fourth-order valence-corrected chi connectivity index (χ4v) is 11.3. The van der Waals surface area contributed by atoms with Gasteiger partial charge in [-0.25, -0.2) is 43.5 Å². The molecule has 0 unspecified atom stereocenters. The van der Waals surface area contributed by atoms with Crippen LogP contribution >= 0.6 is 34.8 Å². The number of nitrogens with one attached hydrogen (secondary N) is 6. The summed E-state index contributed by atoms with van der Waals surface area (Å²) in [5.41, 5.74) is 1.96. The normalized spacial score (nSPS) is 11.4. The molecule has 12 aromatic rings. The SMILES string of the molecule is [C-]#[N+]c1cc(C)c(NC(=O)c2cc(Cn3nnc(C(F)(F)F)n3)nn2-c2ncccc2Cl)c(C(=O)NC(C)(C)C)c1.[C-]#[N+]c1cc(C)c(NC(=O)c2cc(Cn3nnc(C(F)(F)F)n3)nn2-c2ncccc2Cl)c(C(=O)NC)c1.[C-]#[N+]c1cc(C)c(NC(=O)c2cc(Cn3nnc(C(F)(F)F)n3)nn2-c2ncccc2Cl)c(C(=O)NCC)c1. The van der Waals surface area contributed by atoms with Gasteiger partial charge < -0.3 is 31.9 Å². The van der Waals surface area contributed by atoms with Crippen molar-refractivity contribution in [3.63, 3.8) is 0 Å². The molecule has 48 heteroatoms. The lowest BCUT2D eigenvalue weighted by atomic mass is 10.0. The van der Waals surface area contributed by atoms with E-state index in [0.29, 0.717) is 37.6 Å². The van der Waals surface area contributed by atoms with E-state index in [1.165, 1.54) is 98.4 Å². The number of alkyl halides is 9. The van der Waals surface area contributed by atoms with Crippen molar-refractivity contribution in [1.29, 1.82) is 0 Å². The van der Waals surface area contributed by atoms with Crippen molar-refractivity contribution in [2.45, 2.75) is 92.2 Å². The molecule has 0 saturated heterocycles. The summed E-state index contributed by atoms with van der Waals surface area (Å²) in [6.45, 7) is 33.1. The number of amides is 6. The van der Waals surface area contributed by atoms with Crippen LogP contribution in [0, 0.1) is 40.5 Å². The van der Waals surface area contributed by atoms with Gasteiger partial charge in [-0.3, -0.25) is 28.8 Å². The van der Waals surface area contributed by atoms with Crippen molar-refractivity contribution in [3.05, 3.63) is 244 Å². The maximum atomic E-state index is 13.7. The molecule has 0 radical (unpaired) electrons. The van der Waals surface area contributed by atoms with Crippen molar-refractivity contribution in [2.75, 3.05) is 29.5 Å². The van der Waals surface area contributed by atoms with Gasteiger partial charge in [0.25, 0.3) is 52.9 Å². The number of halogens is 12. The molecule has 0 spiro atoms. The zero-order valence-electron chi connectivity index (χ0n) is 61.9. The van der Waals surface area contributed by atoms with Crippen molar-refractivity contribution in [1.82, 2.24) is 121 Å². The molecule has 0 aliphatic heterocycles. The maximum absolute atomic E-state index is 13.7. The number of carbonyl (C=O) groups is 6. The van der Waals surface area contributed by atoms with E-state index in [1.54, 1.807) is 66.7 Å². The first-order valence-corrected chi connectivity index (χ1v) is 34.8. The van der Waals surface area contributed by atoms with Crippen LogP contribution in [0.4, 0.5) is 73.6 Å². The first kappa shape index (κ1) is 85.9. The number of nitrogens with zero attached hydrogens (tertiary/aromatic N) is 24. The van der Waals surface area contributed by atoms with E-state index in [-0.39, 0.29) is 137 Å². The molecule has 3 aromatic carbocycles. The van der Waals surface area contributed by atoms with Crippen LogP contribution in [-0.2, 0) is 38.2 Å². The number of aryl methyl sites for hydroxylation is 3. The van der Waals surface area contributed by atoms with Crippen LogP contribution in [0.15, 0.2) is 110 Å². The highest BCUT2D eigenvalue weighted by atomic mass is 35.5. The summed E-state index contributed by atoms with van der Waals surface area (Å²) >= 11 is 18.8. The summed E-state index contributed by atoms with van der Waals surface area (Å²) in [6.07, 6.45) is -10.1. The molecule has 0 saturated carbocycles. The van der Waals surface area contributed by atoms with E-state index in [1.807, 2.05) is 0 Å². The van der Waals surface area contributed by atoms with Gasteiger partial charge in [-0.05, 0) is 154 Å². The average Bonchev–Trinajstić information content (AvgIpc) is 1.59. The Morgan fingerprint density at radius 1 is 0.432 bits per heavy atom. The molecule has 0 aliphatic carbocycles. The highest BCUT2D eigenvalue weighted by molar-refractivity contribution is 6.33. The molecule has 0 aliphatic rings. The highest BCUT2D eigenvalue weighted by Gasteiger charge is 2.40. The molecule has 0 bridgehead atoms. The number of hydrogen-bond donors (Lipinski definition) is 6. The van der Waals surface area contributed by atoms with Gasteiger partial charge in [0.1, 0.15) is 36.7 Å². The molecule has 6 amide bonds. The van der Waals surface area contributed by atoms with Gasteiger partial charge in [-0.15, -0.1) is 30.6 Å². The molecule has 36 nitrogen and oxygen atoms in total. The molecular weight excluding hydrogens is 1630 g/mol. The Labute approximate surface area is 673 Å². The fourth-order valence-electron chi connectivity index (χ4n) is 10.7. The van der Waals surface area contributed by atoms with Gasteiger partial charge in [0, 0.05) is 37.7 Å². The zero-order chi connectivity index (χ0) is 86.0. The topological polar surface area (TPSA) is 411 Å². The molecule has 6 N–H and O–H groups in total. The van der Waals surface area contributed by atoms with Gasteiger partial charge in [0.05, 0.1) is 85.6 Å². The third-order valence-electron chi connectivity index (χ3n) is 15.7. The smallest absolute Gasteiger partial charge is 0.355 e. The Hall–Kier alpha value is -14.5. The van der Waals surface area contributed by atoms with Gasteiger partial charge in [0.2, 0.25) is 0 Å². The monoisotopic (exact) mass is 1690 g/mol.